The zero-order chi connectivity index (χ0) is 25.2. The molecule has 1 unspecified atom stereocenters. The van der Waals surface area contributed by atoms with Crippen molar-refractivity contribution >= 4 is 40.7 Å². The quantitative estimate of drug-likeness (QED) is 0.424. The van der Waals surface area contributed by atoms with E-state index in [1.54, 1.807) is 48.5 Å². The van der Waals surface area contributed by atoms with Crippen LogP contribution in [0.3, 0.4) is 0 Å². The van der Waals surface area contributed by atoms with Gasteiger partial charge < -0.3 is 10.6 Å². The fourth-order valence-corrected chi connectivity index (χ4v) is 4.16. The maximum Gasteiger partial charge on any atom is 0.328 e. The third-order valence-corrected chi connectivity index (χ3v) is 6.00. The minimum atomic E-state index is -0.960. The first-order valence-corrected chi connectivity index (χ1v) is 11.4. The number of benzene rings is 2. The Morgan fingerprint density at radius 3 is 2.56 bits per heavy atom. The first-order chi connectivity index (χ1) is 17.4. The number of aromatic nitrogens is 2. The van der Waals surface area contributed by atoms with Crippen LogP contribution in [0.5, 0.6) is 0 Å². The van der Waals surface area contributed by atoms with Crippen LogP contribution in [0, 0.1) is 5.82 Å². The van der Waals surface area contributed by atoms with Gasteiger partial charge in [-0.3, -0.25) is 19.1 Å². The number of hydrogen-bond acceptors (Lipinski definition) is 4. The molecule has 3 amide bonds. The van der Waals surface area contributed by atoms with Crippen molar-refractivity contribution in [3.8, 4) is 5.69 Å². The second kappa shape index (κ2) is 9.63. The molecule has 180 valence electrons. The second-order valence-corrected chi connectivity index (χ2v) is 8.51. The number of nitrogens with one attached hydrogen (secondary N) is 2. The van der Waals surface area contributed by atoms with Crippen molar-refractivity contribution < 1.29 is 14.0 Å². The van der Waals surface area contributed by atoms with Gasteiger partial charge in [0.1, 0.15) is 17.7 Å². The van der Waals surface area contributed by atoms with Crippen molar-refractivity contribution in [1.29, 1.82) is 0 Å². The van der Waals surface area contributed by atoms with Crippen LogP contribution in [-0.4, -0.2) is 27.5 Å². The molecule has 1 aliphatic rings. The number of hydrogen-bond donors (Lipinski definition) is 2. The molecule has 0 fully saturated rings. The molecule has 4 aromatic rings. The lowest BCUT2D eigenvalue weighted by Gasteiger charge is -2.24. The first kappa shape index (κ1) is 23.3. The third kappa shape index (κ3) is 4.56. The molecule has 3 heterocycles. The number of amides is 3. The largest absolute Gasteiger partial charge is 0.328 e. The van der Waals surface area contributed by atoms with E-state index in [1.165, 1.54) is 40.1 Å². The van der Waals surface area contributed by atoms with Crippen molar-refractivity contribution in [1.82, 2.24) is 9.55 Å². The number of pyridine rings is 2. The molecule has 0 radical (unpaired) electrons. The van der Waals surface area contributed by atoms with Crippen LogP contribution in [0.2, 0.25) is 5.02 Å². The molecular weight excluding hydrogens is 485 g/mol. The molecule has 8 nitrogen and oxygen atoms in total. The van der Waals surface area contributed by atoms with Gasteiger partial charge in [0.2, 0.25) is 5.91 Å². The minimum absolute atomic E-state index is 0.0743. The Morgan fingerprint density at radius 2 is 1.81 bits per heavy atom. The molecule has 2 aromatic heterocycles. The van der Waals surface area contributed by atoms with E-state index in [4.69, 9.17) is 11.6 Å². The number of carbonyl (C=O) groups is 2. The van der Waals surface area contributed by atoms with Gasteiger partial charge in [-0.2, -0.15) is 0 Å². The van der Waals surface area contributed by atoms with Crippen LogP contribution in [0.25, 0.3) is 5.69 Å². The van der Waals surface area contributed by atoms with Gasteiger partial charge in [-0.05, 0) is 54.1 Å². The summed E-state index contributed by atoms with van der Waals surface area (Å²) in [5.74, 6) is -0.950. The van der Waals surface area contributed by atoms with Crippen molar-refractivity contribution in [3.63, 3.8) is 0 Å². The first-order valence-electron chi connectivity index (χ1n) is 11.0. The Kier molecular flexibility index (Phi) is 6.22. The minimum Gasteiger partial charge on any atom is -0.322 e. The SMILES string of the molecule is O=C(Nc1ccc(-n2ccccc2=O)cc1F)C1Cc2cccnc2N1C(=O)Nc1ccc(Cl)cc1. The van der Waals surface area contributed by atoms with Gasteiger partial charge in [-0.1, -0.05) is 23.7 Å². The van der Waals surface area contributed by atoms with Crippen LogP contribution in [0.4, 0.5) is 26.4 Å². The summed E-state index contributed by atoms with van der Waals surface area (Å²) >= 11 is 5.92. The molecule has 2 N–H and O–H groups in total. The second-order valence-electron chi connectivity index (χ2n) is 8.08. The highest BCUT2D eigenvalue weighted by Gasteiger charge is 2.39. The van der Waals surface area contributed by atoms with Crippen molar-refractivity contribution in [2.45, 2.75) is 12.5 Å². The third-order valence-electron chi connectivity index (χ3n) is 5.75. The number of halogens is 2. The topological polar surface area (TPSA) is 96.3 Å². The molecule has 0 aliphatic carbocycles. The molecule has 0 saturated carbocycles. The Balaban J connectivity index is 1.39. The van der Waals surface area contributed by atoms with Crippen LogP contribution < -0.4 is 21.1 Å². The molecule has 1 atom stereocenters. The summed E-state index contributed by atoms with van der Waals surface area (Å²) in [7, 11) is 0. The number of carbonyl (C=O) groups excluding carboxylic acids is 2. The van der Waals surface area contributed by atoms with E-state index in [1.807, 2.05) is 0 Å². The zero-order valence-electron chi connectivity index (χ0n) is 18.7. The summed E-state index contributed by atoms with van der Waals surface area (Å²) in [6.45, 7) is 0. The number of anilines is 3. The standard InChI is InChI=1S/C26H19ClFN5O3/c27-17-6-8-18(9-7-17)30-26(36)33-22(14-16-4-3-12-29-24(16)33)25(35)31-21-11-10-19(15-20(21)28)32-13-2-1-5-23(32)34/h1-13,15,22H,14H2,(H,30,36)(H,31,35). The highest BCUT2D eigenvalue weighted by Crippen LogP contribution is 2.31. The molecule has 0 spiro atoms. The number of urea groups is 1. The van der Waals surface area contributed by atoms with Crippen LogP contribution in [0.1, 0.15) is 5.56 Å². The van der Waals surface area contributed by atoms with Gasteiger partial charge in [0.05, 0.1) is 11.4 Å². The molecular formula is C26H19ClFN5O3. The Labute approximate surface area is 210 Å². The Bertz CT molecular complexity index is 1520. The molecule has 36 heavy (non-hydrogen) atoms. The average molecular weight is 504 g/mol. The van der Waals surface area contributed by atoms with Crippen molar-refractivity contribution in [2.75, 3.05) is 15.5 Å². The monoisotopic (exact) mass is 503 g/mol. The van der Waals surface area contributed by atoms with E-state index in [9.17, 15) is 18.8 Å². The summed E-state index contributed by atoms with van der Waals surface area (Å²) in [6, 6.07) is 17.2. The van der Waals surface area contributed by atoms with Gasteiger partial charge in [0.25, 0.3) is 5.56 Å². The average Bonchev–Trinajstić information content (AvgIpc) is 3.27. The summed E-state index contributed by atoms with van der Waals surface area (Å²) in [5.41, 5.74) is 1.13. The predicted molar refractivity (Wildman–Crippen MR) is 135 cm³/mol. The molecule has 5 rings (SSSR count). The highest BCUT2D eigenvalue weighted by molar-refractivity contribution is 6.30. The summed E-state index contributed by atoms with van der Waals surface area (Å²) in [4.78, 5) is 44.0. The molecule has 0 saturated heterocycles. The lowest BCUT2D eigenvalue weighted by molar-refractivity contribution is -0.117. The highest BCUT2D eigenvalue weighted by atomic mass is 35.5. The molecule has 10 heteroatoms. The van der Waals surface area contributed by atoms with E-state index in [-0.39, 0.29) is 17.7 Å². The van der Waals surface area contributed by atoms with Gasteiger partial charge >= 0.3 is 6.03 Å². The van der Waals surface area contributed by atoms with Crippen LogP contribution in [0.15, 0.2) is 90.0 Å². The van der Waals surface area contributed by atoms with Crippen molar-refractivity contribution in [2.24, 2.45) is 0 Å². The summed E-state index contributed by atoms with van der Waals surface area (Å²) in [5, 5.41) is 5.83. The van der Waals surface area contributed by atoms with Crippen LogP contribution in [-0.2, 0) is 11.2 Å². The maximum atomic E-state index is 14.9. The zero-order valence-corrected chi connectivity index (χ0v) is 19.4. The van der Waals surface area contributed by atoms with Crippen molar-refractivity contribution in [3.05, 3.63) is 112 Å². The molecule has 2 aromatic carbocycles. The van der Waals surface area contributed by atoms with Gasteiger partial charge in [0.15, 0.2) is 0 Å². The van der Waals surface area contributed by atoms with Crippen LogP contribution >= 0.6 is 11.6 Å². The summed E-state index contributed by atoms with van der Waals surface area (Å²) in [6.07, 6.45) is 3.27. The van der Waals surface area contributed by atoms with E-state index < -0.39 is 23.8 Å². The lowest BCUT2D eigenvalue weighted by atomic mass is 10.1. The normalized spacial score (nSPS) is 14.3. The number of fused-ring (bicyclic) bond motifs is 1. The Morgan fingerprint density at radius 1 is 1.00 bits per heavy atom. The lowest BCUT2D eigenvalue weighted by Crippen LogP contribution is -2.47. The maximum absolute atomic E-state index is 14.9. The molecule has 0 bridgehead atoms. The smallest absolute Gasteiger partial charge is 0.322 e. The van der Waals surface area contributed by atoms with Gasteiger partial charge in [-0.15, -0.1) is 0 Å². The van der Waals surface area contributed by atoms with E-state index in [2.05, 4.69) is 15.6 Å². The van der Waals surface area contributed by atoms with E-state index >= 15 is 0 Å². The predicted octanol–water partition coefficient (Wildman–Crippen LogP) is 4.63. The number of rotatable bonds is 4. The van der Waals surface area contributed by atoms with E-state index in [0.29, 0.717) is 27.8 Å². The fraction of sp³-hybridized carbons (Fsp3) is 0.0769. The van der Waals surface area contributed by atoms with Gasteiger partial charge in [-0.25, -0.2) is 14.2 Å². The van der Waals surface area contributed by atoms with E-state index in [0.717, 1.165) is 6.07 Å². The Hall–Kier alpha value is -4.50. The van der Waals surface area contributed by atoms with Gasteiger partial charge in [0, 0.05) is 41.7 Å². The fourth-order valence-electron chi connectivity index (χ4n) is 4.03. The summed E-state index contributed by atoms with van der Waals surface area (Å²) < 4.78 is 16.2. The molecule has 1 aliphatic heterocycles. The number of nitrogens with zero attached hydrogens (tertiary/aromatic N) is 3.